The molecule has 1 fully saturated rings. The molecule has 1 saturated heterocycles. The summed E-state index contributed by atoms with van der Waals surface area (Å²) in [5.41, 5.74) is 2.97. The molecule has 180 valence electrons. The molecule has 6 nitrogen and oxygen atoms in total. The van der Waals surface area contributed by atoms with E-state index >= 15 is 0 Å². The van der Waals surface area contributed by atoms with E-state index in [-0.39, 0.29) is 5.82 Å². The molecule has 8 heteroatoms. The van der Waals surface area contributed by atoms with Crippen LogP contribution in [0.25, 0.3) is 27.8 Å². The van der Waals surface area contributed by atoms with E-state index in [0.29, 0.717) is 48.0 Å². The number of rotatable bonds is 4. The van der Waals surface area contributed by atoms with Gasteiger partial charge in [0.25, 0.3) is 0 Å². The molecule has 1 aliphatic rings. The summed E-state index contributed by atoms with van der Waals surface area (Å²) in [5, 5.41) is 26.3. The van der Waals surface area contributed by atoms with E-state index in [4.69, 9.17) is 16.7 Å². The van der Waals surface area contributed by atoms with Crippen LogP contribution in [0.2, 0.25) is 5.02 Å². The molecule has 6 rings (SSSR count). The second-order valence-corrected chi connectivity index (χ2v) is 9.44. The van der Waals surface area contributed by atoms with Crippen LogP contribution in [0.4, 0.5) is 10.2 Å². The molecule has 3 aromatic carbocycles. The van der Waals surface area contributed by atoms with Crippen LogP contribution >= 0.6 is 11.6 Å². The first-order valence-corrected chi connectivity index (χ1v) is 12.2. The summed E-state index contributed by atoms with van der Waals surface area (Å²) in [5.74, 6) is 0.336. The lowest BCUT2D eigenvalue weighted by Crippen LogP contribution is -2.43. The Hall–Kier alpha value is -3.81. The zero-order valence-electron chi connectivity index (χ0n) is 19.4. The number of fused-ring (bicyclic) bond motifs is 1. The van der Waals surface area contributed by atoms with Gasteiger partial charge in [0.15, 0.2) is 5.82 Å². The van der Waals surface area contributed by atoms with Crippen molar-refractivity contribution in [3.05, 3.63) is 101 Å². The molecule has 2 aromatic heterocycles. The summed E-state index contributed by atoms with van der Waals surface area (Å²) in [4.78, 5) is 2.12. The van der Waals surface area contributed by atoms with Gasteiger partial charge in [0.05, 0.1) is 33.6 Å². The maximum atomic E-state index is 13.7. The number of hydrogen-bond acceptors (Lipinski definition) is 5. The Morgan fingerprint density at radius 3 is 2.31 bits per heavy atom. The minimum absolute atomic E-state index is 0.313. The number of aliphatic hydroxyl groups is 1. The van der Waals surface area contributed by atoms with Crippen molar-refractivity contribution in [2.24, 2.45) is 0 Å². The molecule has 0 radical (unpaired) electrons. The van der Waals surface area contributed by atoms with Gasteiger partial charge in [-0.3, -0.25) is 0 Å². The Labute approximate surface area is 212 Å². The first-order valence-electron chi connectivity index (χ1n) is 11.8. The van der Waals surface area contributed by atoms with Crippen molar-refractivity contribution in [1.29, 1.82) is 0 Å². The number of nitrogens with zero attached hydrogens (tertiary/aromatic N) is 5. The minimum Gasteiger partial charge on any atom is -0.385 e. The molecule has 36 heavy (non-hydrogen) atoms. The lowest BCUT2D eigenvalue weighted by Gasteiger charge is -2.38. The van der Waals surface area contributed by atoms with Crippen LogP contribution in [0, 0.1) is 5.82 Å². The van der Waals surface area contributed by atoms with Gasteiger partial charge >= 0.3 is 0 Å². The number of halogens is 2. The zero-order valence-corrected chi connectivity index (χ0v) is 20.1. The van der Waals surface area contributed by atoms with Crippen molar-refractivity contribution in [2.45, 2.75) is 18.4 Å². The Morgan fingerprint density at radius 1 is 0.889 bits per heavy atom. The topological polar surface area (TPSA) is 67.1 Å². The Kier molecular flexibility index (Phi) is 5.66. The van der Waals surface area contributed by atoms with E-state index < -0.39 is 5.60 Å². The highest BCUT2D eigenvalue weighted by Gasteiger charge is 2.35. The molecular weight excluding hydrogens is 477 g/mol. The SMILES string of the molecule is OC1(c2ccccc2)CCN(c2nncc3c(-c4ccc(F)cc4)n(-c4ccccc4Cl)nc23)CC1. The first kappa shape index (κ1) is 22.6. The summed E-state index contributed by atoms with van der Waals surface area (Å²) >= 11 is 6.56. The average Bonchev–Trinajstić information content (AvgIpc) is 3.30. The Balaban J connectivity index is 1.45. The number of benzene rings is 3. The van der Waals surface area contributed by atoms with Gasteiger partial charge in [-0.05, 0) is 54.8 Å². The molecule has 0 saturated carbocycles. The maximum absolute atomic E-state index is 13.7. The molecule has 0 aliphatic carbocycles. The average molecular weight is 500 g/mol. The van der Waals surface area contributed by atoms with Crippen LogP contribution < -0.4 is 4.90 Å². The zero-order chi connectivity index (χ0) is 24.7. The normalized spacial score (nSPS) is 15.4. The molecule has 0 atom stereocenters. The molecule has 5 aromatic rings. The number of piperidine rings is 1. The van der Waals surface area contributed by atoms with Gasteiger partial charge in [0.1, 0.15) is 11.3 Å². The summed E-state index contributed by atoms with van der Waals surface area (Å²) in [6.45, 7) is 1.20. The predicted octanol–water partition coefficient (Wildman–Crippen LogP) is 5.76. The van der Waals surface area contributed by atoms with Crippen LogP contribution in [0.1, 0.15) is 18.4 Å². The van der Waals surface area contributed by atoms with Crippen LogP contribution in [0.3, 0.4) is 0 Å². The predicted molar refractivity (Wildman–Crippen MR) is 139 cm³/mol. The van der Waals surface area contributed by atoms with Crippen molar-refractivity contribution in [1.82, 2.24) is 20.0 Å². The van der Waals surface area contributed by atoms with E-state index in [1.54, 1.807) is 23.0 Å². The highest BCUT2D eigenvalue weighted by atomic mass is 35.5. The van der Waals surface area contributed by atoms with Crippen molar-refractivity contribution >= 4 is 28.3 Å². The maximum Gasteiger partial charge on any atom is 0.179 e. The third kappa shape index (κ3) is 3.90. The molecule has 3 heterocycles. The van der Waals surface area contributed by atoms with Gasteiger partial charge in [-0.15, -0.1) is 5.10 Å². The standard InChI is InChI=1S/C28H23ClFN5O/c29-23-8-4-5-9-24(23)35-26(19-10-12-21(30)13-11-19)22-18-31-32-27(25(22)33-35)34-16-14-28(36,15-17-34)20-6-2-1-3-7-20/h1-13,18,36H,14-17H2. The smallest absolute Gasteiger partial charge is 0.179 e. The van der Waals surface area contributed by atoms with Crippen LogP contribution in [-0.4, -0.2) is 38.2 Å². The van der Waals surface area contributed by atoms with Crippen LogP contribution in [-0.2, 0) is 5.60 Å². The molecule has 1 aliphatic heterocycles. The fourth-order valence-electron chi connectivity index (χ4n) is 4.93. The fourth-order valence-corrected chi connectivity index (χ4v) is 5.14. The van der Waals surface area contributed by atoms with E-state index in [1.807, 2.05) is 54.6 Å². The molecule has 1 N–H and O–H groups in total. The highest BCUT2D eigenvalue weighted by molar-refractivity contribution is 6.32. The monoisotopic (exact) mass is 499 g/mol. The summed E-state index contributed by atoms with van der Waals surface area (Å²) in [6.07, 6.45) is 2.80. The quantitative estimate of drug-likeness (QED) is 0.340. The third-order valence-electron chi connectivity index (χ3n) is 6.87. The van der Waals surface area contributed by atoms with E-state index in [2.05, 4.69) is 15.1 Å². The Bertz CT molecular complexity index is 1530. The second kappa shape index (κ2) is 9.00. The van der Waals surface area contributed by atoms with Crippen LogP contribution in [0.15, 0.2) is 85.1 Å². The molecule has 0 amide bonds. The lowest BCUT2D eigenvalue weighted by atomic mass is 9.84. The van der Waals surface area contributed by atoms with Gasteiger partial charge < -0.3 is 10.0 Å². The van der Waals surface area contributed by atoms with E-state index in [1.165, 1.54) is 12.1 Å². The van der Waals surface area contributed by atoms with Gasteiger partial charge in [0, 0.05) is 18.7 Å². The van der Waals surface area contributed by atoms with Gasteiger partial charge in [-0.25, -0.2) is 9.07 Å². The Morgan fingerprint density at radius 2 is 1.58 bits per heavy atom. The van der Waals surface area contributed by atoms with Crippen molar-refractivity contribution in [3.8, 4) is 16.9 Å². The number of anilines is 1. The second-order valence-electron chi connectivity index (χ2n) is 9.03. The number of para-hydroxylation sites is 1. The number of aromatic nitrogens is 4. The number of hydrogen-bond donors (Lipinski definition) is 1. The van der Waals surface area contributed by atoms with Crippen molar-refractivity contribution in [2.75, 3.05) is 18.0 Å². The molecular formula is C28H23ClFN5O. The summed E-state index contributed by atoms with van der Waals surface area (Å²) in [6, 6.07) is 23.5. The van der Waals surface area contributed by atoms with Gasteiger partial charge in [0.2, 0.25) is 0 Å². The largest absolute Gasteiger partial charge is 0.385 e. The summed E-state index contributed by atoms with van der Waals surface area (Å²) < 4.78 is 15.5. The summed E-state index contributed by atoms with van der Waals surface area (Å²) in [7, 11) is 0. The van der Waals surface area contributed by atoms with Crippen molar-refractivity contribution in [3.63, 3.8) is 0 Å². The molecule has 0 unspecified atom stereocenters. The molecule has 0 bridgehead atoms. The van der Waals surface area contributed by atoms with Gasteiger partial charge in [-0.1, -0.05) is 54.1 Å². The first-order chi connectivity index (χ1) is 17.5. The minimum atomic E-state index is -0.880. The lowest BCUT2D eigenvalue weighted by molar-refractivity contribution is 0.0117. The van der Waals surface area contributed by atoms with Crippen molar-refractivity contribution < 1.29 is 9.50 Å². The highest BCUT2D eigenvalue weighted by Crippen LogP contribution is 2.38. The van der Waals surface area contributed by atoms with E-state index in [0.717, 1.165) is 22.2 Å². The fraction of sp³-hybridized carbons (Fsp3) is 0.179. The van der Waals surface area contributed by atoms with Gasteiger partial charge in [-0.2, -0.15) is 10.2 Å². The molecule has 0 spiro atoms. The van der Waals surface area contributed by atoms with Crippen LogP contribution in [0.5, 0.6) is 0 Å². The third-order valence-corrected chi connectivity index (χ3v) is 7.19. The van der Waals surface area contributed by atoms with E-state index in [9.17, 15) is 9.50 Å².